The molecule has 1 saturated carbocycles. The predicted molar refractivity (Wildman–Crippen MR) is 131 cm³/mol. The van der Waals surface area contributed by atoms with Crippen molar-refractivity contribution in [3.8, 4) is 6.07 Å². The molecule has 0 unspecified atom stereocenters. The average molecular weight is 462 g/mol. The van der Waals surface area contributed by atoms with Gasteiger partial charge >= 0.3 is 0 Å². The molecule has 0 N–H and O–H groups in total. The quantitative estimate of drug-likeness (QED) is 0.628. The van der Waals surface area contributed by atoms with Crippen molar-refractivity contribution in [1.82, 2.24) is 4.90 Å². The summed E-state index contributed by atoms with van der Waals surface area (Å²) in [6, 6.07) is 6.66. The van der Waals surface area contributed by atoms with E-state index in [1.165, 1.54) is 29.5 Å². The predicted octanol–water partition coefficient (Wildman–Crippen LogP) is 5.18. The summed E-state index contributed by atoms with van der Waals surface area (Å²) in [5.41, 5.74) is 5.99. The molecule has 5 rings (SSSR count). The Morgan fingerprint density at radius 1 is 1.24 bits per heavy atom. The number of carbonyl (C=O) groups is 1. The van der Waals surface area contributed by atoms with Crippen molar-refractivity contribution in [2.45, 2.75) is 78.0 Å². The Bertz CT molecular complexity index is 1150. The van der Waals surface area contributed by atoms with Gasteiger partial charge in [0.15, 0.2) is 0 Å². The average Bonchev–Trinajstić information content (AvgIpc) is 3.56. The summed E-state index contributed by atoms with van der Waals surface area (Å²) in [6.07, 6.45) is 4.76. The van der Waals surface area contributed by atoms with Gasteiger partial charge in [-0.2, -0.15) is 5.26 Å². The minimum absolute atomic E-state index is 0.0353. The first-order valence-corrected chi connectivity index (χ1v) is 12.5. The van der Waals surface area contributed by atoms with Gasteiger partial charge in [-0.15, -0.1) is 0 Å². The van der Waals surface area contributed by atoms with Gasteiger partial charge in [0.05, 0.1) is 41.3 Å². The molecule has 2 aliphatic heterocycles. The topological polar surface area (TPSA) is 69.7 Å². The lowest BCUT2D eigenvalue weighted by atomic mass is 9.83. The minimum Gasteiger partial charge on any atom is -0.469 e. The maximum absolute atomic E-state index is 13.4. The zero-order chi connectivity index (χ0) is 24.2. The number of aryl methyl sites for hydroxylation is 1. The summed E-state index contributed by atoms with van der Waals surface area (Å²) in [5.74, 6) is 1.57. The van der Waals surface area contributed by atoms with Gasteiger partial charge in [-0.3, -0.25) is 4.79 Å². The molecule has 1 atom stereocenters. The van der Waals surface area contributed by atoms with Gasteiger partial charge in [-0.05, 0) is 74.3 Å². The van der Waals surface area contributed by atoms with E-state index in [2.05, 4.69) is 44.7 Å². The van der Waals surface area contributed by atoms with E-state index in [9.17, 15) is 10.1 Å². The molecule has 0 bridgehead atoms. The number of nitrogens with zero attached hydrogens (tertiary/aromatic N) is 3. The molecule has 180 valence electrons. The summed E-state index contributed by atoms with van der Waals surface area (Å²) >= 11 is 0. The second kappa shape index (κ2) is 8.46. The fourth-order valence-electron chi connectivity index (χ4n) is 5.64. The lowest BCUT2D eigenvalue weighted by molar-refractivity contribution is -0.0405. The Morgan fingerprint density at radius 3 is 2.62 bits per heavy atom. The van der Waals surface area contributed by atoms with E-state index < -0.39 is 0 Å². The lowest BCUT2D eigenvalue weighted by Gasteiger charge is -2.45. The fraction of sp³-hybridized carbons (Fsp3) is 0.571. The van der Waals surface area contributed by atoms with E-state index in [1.807, 2.05) is 11.8 Å². The molecule has 1 aromatic heterocycles. The molecule has 34 heavy (non-hydrogen) atoms. The van der Waals surface area contributed by atoms with E-state index in [-0.39, 0.29) is 23.5 Å². The molecule has 1 aromatic carbocycles. The summed E-state index contributed by atoms with van der Waals surface area (Å²) in [4.78, 5) is 17.7. The number of amides is 1. The number of hydrogen-bond donors (Lipinski definition) is 0. The SMILES string of the molecule is Cc1occc1C(=O)N1CCN(c2cc(C3CC3)c3c(c2C#N)CC(C)(C)OC3)C[C@H]1C(C)C. The van der Waals surface area contributed by atoms with Crippen molar-refractivity contribution in [1.29, 1.82) is 5.26 Å². The van der Waals surface area contributed by atoms with Crippen LogP contribution in [0, 0.1) is 24.2 Å². The van der Waals surface area contributed by atoms with E-state index in [1.54, 1.807) is 12.3 Å². The molecule has 1 amide bonds. The van der Waals surface area contributed by atoms with Gasteiger partial charge in [-0.1, -0.05) is 13.8 Å². The van der Waals surface area contributed by atoms with Gasteiger partial charge in [0.2, 0.25) is 0 Å². The molecule has 0 radical (unpaired) electrons. The molecular weight excluding hydrogens is 426 g/mol. The molecular formula is C28H35N3O3. The zero-order valence-electron chi connectivity index (χ0n) is 21.0. The number of furan rings is 1. The first-order valence-electron chi connectivity index (χ1n) is 12.5. The third-order valence-corrected chi connectivity index (χ3v) is 7.78. The van der Waals surface area contributed by atoms with Crippen molar-refractivity contribution in [2.24, 2.45) is 5.92 Å². The van der Waals surface area contributed by atoms with Crippen LogP contribution in [0.1, 0.15) is 84.8 Å². The number of carbonyl (C=O) groups excluding carboxylic acids is 1. The maximum atomic E-state index is 13.4. The Hall–Kier alpha value is -2.78. The summed E-state index contributed by atoms with van der Waals surface area (Å²) < 4.78 is 11.6. The van der Waals surface area contributed by atoms with Crippen LogP contribution in [0.25, 0.3) is 0 Å². The molecule has 2 aromatic rings. The van der Waals surface area contributed by atoms with Gasteiger partial charge in [0.1, 0.15) is 11.8 Å². The highest BCUT2D eigenvalue weighted by atomic mass is 16.5. The van der Waals surface area contributed by atoms with Crippen LogP contribution in [-0.4, -0.2) is 42.1 Å². The van der Waals surface area contributed by atoms with Gasteiger partial charge < -0.3 is 19.0 Å². The molecule has 0 spiro atoms. The van der Waals surface area contributed by atoms with Crippen molar-refractivity contribution in [3.63, 3.8) is 0 Å². The van der Waals surface area contributed by atoms with E-state index in [0.29, 0.717) is 36.9 Å². The third kappa shape index (κ3) is 4.01. The molecule has 6 heteroatoms. The highest BCUT2D eigenvalue weighted by molar-refractivity contribution is 5.95. The number of rotatable bonds is 4. The van der Waals surface area contributed by atoms with Crippen LogP contribution in [0.2, 0.25) is 0 Å². The van der Waals surface area contributed by atoms with Crippen LogP contribution in [0.4, 0.5) is 5.69 Å². The standard InChI is InChI=1S/C28H35N3O3/c1-17(2)26-15-30(9-10-31(26)27(32)20-8-11-33-18(20)3)25-12-21(19-6-7-19)24-16-34-28(4,5)13-22(24)23(25)14-29/h8,11-12,17,19,26H,6-7,9-10,13,15-16H2,1-5H3/t26-/m0/s1. The number of anilines is 1. The number of fused-ring (bicyclic) bond motifs is 1. The Kier molecular flexibility index (Phi) is 5.72. The van der Waals surface area contributed by atoms with Gasteiger partial charge in [-0.25, -0.2) is 0 Å². The summed E-state index contributed by atoms with van der Waals surface area (Å²) in [5, 5.41) is 10.3. The monoisotopic (exact) mass is 461 g/mol. The Morgan fingerprint density at radius 2 is 2.00 bits per heavy atom. The zero-order valence-corrected chi connectivity index (χ0v) is 21.0. The van der Waals surface area contributed by atoms with E-state index in [4.69, 9.17) is 9.15 Å². The number of nitriles is 1. The molecule has 2 fully saturated rings. The lowest BCUT2D eigenvalue weighted by Crippen LogP contribution is -2.57. The smallest absolute Gasteiger partial charge is 0.257 e. The van der Waals surface area contributed by atoms with Crippen LogP contribution >= 0.6 is 0 Å². The minimum atomic E-state index is -0.272. The van der Waals surface area contributed by atoms with Crippen LogP contribution in [-0.2, 0) is 17.8 Å². The van der Waals surface area contributed by atoms with Crippen LogP contribution in [0.5, 0.6) is 0 Å². The largest absolute Gasteiger partial charge is 0.469 e. The second-order valence-electron chi connectivity index (χ2n) is 11.1. The van der Waals surface area contributed by atoms with Gasteiger partial charge in [0.25, 0.3) is 5.91 Å². The fourth-order valence-corrected chi connectivity index (χ4v) is 5.64. The molecule has 6 nitrogen and oxygen atoms in total. The molecule has 1 aliphatic carbocycles. The summed E-state index contributed by atoms with van der Waals surface area (Å²) in [7, 11) is 0. The highest BCUT2D eigenvalue weighted by Gasteiger charge is 2.38. The second-order valence-corrected chi connectivity index (χ2v) is 11.1. The van der Waals surface area contributed by atoms with Crippen molar-refractivity contribution < 1.29 is 13.9 Å². The highest BCUT2D eigenvalue weighted by Crippen LogP contribution is 2.47. The Balaban J connectivity index is 1.51. The van der Waals surface area contributed by atoms with E-state index >= 15 is 0 Å². The van der Waals surface area contributed by atoms with Crippen LogP contribution < -0.4 is 4.90 Å². The molecule has 3 aliphatic rings. The van der Waals surface area contributed by atoms with Crippen LogP contribution in [0.15, 0.2) is 22.8 Å². The van der Waals surface area contributed by atoms with Crippen LogP contribution in [0.3, 0.4) is 0 Å². The first kappa shape index (κ1) is 23.0. The van der Waals surface area contributed by atoms with Crippen molar-refractivity contribution in [2.75, 3.05) is 24.5 Å². The van der Waals surface area contributed by atoms with E-state index in [0.717, 1.165) is 24.2 Å². The van der Waals surface area contributed by atoms with Crippen molar-refractivity contribution >= 4 is 11.6 Å². The first-order chi connectivity index (χ1) is 16.2. The maximum Gasteiger partial charge on any atom is 0.257 e. The van der Waals surface area contributed by atoms with Gasteiger partial charge in [0, 0.05) is 26.1 Å². The molecule has 1 saturated heterocycles. The Labute approximate surface area is 202 Å². The number of benzene rings is 1. The number of hydrogen-bond acceptors (Lipinski definition) is 5. The number of ether oxygens (including phenoxy) is 1. The third-order valence-electron chi connectivity index (χ3n) is 7.78. The summed E-state index contributed by atoms with van der Waals surface area (Å²) in [6.45, 7) is 13.0. The number of piperazine rings is 1. The normalized spacial score (nSPS) is 22.0. The molecule has 3 heterocycles. The van der Waals surface area contributed by atoms with Crippen molar-refractivity contribution in [3.05, 3.63) is 52.0 Å².